The van der Waals surface area contributed by atoms with E-state index in [-0.39, 0.29) is 5.91 Å². The summed E-state index contributed by atoms with van der Waals surface area (Å²) in [5.41, 5.74) is 2.59. The van der Waals surface area contributed by atoms with E-state index in [0.717, 1.165) is 29.7 Å². The molecule has 0 fully saturated rings. The number of fused-ring (bicyclic) bond motifs is 1. The molecule has 0 aliphatic carbocycles. The van der Waals surface area contributed by atoms with Gasteiger partial charge >= 0.3 is 0 Å². The Labute approximate surface area is 151 Å². The van der Waals surface area contributed by atoms with Crippen LogP contribution in [0.3, 0.4) is 0 Å². The maximum atomic E-state index is 12.1. The highest BCUT2D eigenvalue weighted by molar-refractivity contribution is 6.30. The van der Waals surface area contributed by atoms with Gasteiger partial charge < -0.3 is 9.88 Å². The number of nitrogens with one attached hydrogen (secondary N) is 1. The molecule has 1 N–H and O–H groups in total. The van der Waals surface area contributed by atoms with Crippen LogP contribution in [0.25, 0.3) is 11.0 Å². The van der Waals surface area contributed by atoms with Gasteiger partial charge in [-0.15, -0.1) is 6.42 Å². The van der Waals surface area contributed by atoms with Gasteiger partial charge in [-0.3, -0.25) is 4.79 Å². The van der Waals surface area contributed by atoms with Crippen molar-refractivity contribution in [2.45, 2.75) is 19.4 Å². The van der Waals surface area contributed by atoms with E-state index in [4.69, 9.17) is 18.0 Å². The summed E-state index contributed by atoms with van der Waals surface area (Å²) in [6, 6.07) is 14.8. The summed E-state index contributed by atoms with van der Waals surface area (Å²) in [6.07, 6.45) is 7.02. The highest BCUT2D eigenvalue weighted by Crippen LogP contribution is 2.17. The predicted octanol–water partition coefficient (Wildman–Crippen LogP) is 3.69. The number of hydrogen-bond acceptors (Lipinski definition) is 2. The van der Waals surface area contributed by atoms with Gasteiger partial charge in [-0.1, -0.05) is 29.7 Å². The van der Waals surface area contributed by atoms with Crippen LogP contribution >= 0.6 is 11.6 Å². The van der Waals surface area contributed by atoms with Crippen molar-refractivity contribution in [3.8, 4) is 12.3 Å². The second-order valence-corrected chi connectivity index (χ2v) is 6.11. The fraction of sp³-hybridized carbons (Fsp3) is 0.200. The molecule has 0 bridgehead atoms. The van der Waals surface area contributed by atoms with E-state index in [1.54, 1.807) is 24.3 Å². The quantitative estimate of drug-likeness (QED) is 0.544. The van der Waals surface area contributed by atoms with Crippen molar-refractivity contribution in [3.05, 3.63) is 64.9 Å². The number of hydrogen-bond donors (Lipinski definition) is 1. The molecule has 0 aliphatic heterocycles. The van der Waals surface area contributed by atoms with Crippen LogP contribution < -0.4 is 5.32 Å². The van der Waals surface area contributed by atoms with Gasteiger partial charge in [0.25, 0.3) is 5.91 Å². The van der Waals surface area contributed by atoms with Crippen LogP contribution in [-0.4, -0.2) is 22.0 Å². The van der Waals surface area contributed by atoms with E-state index in [1.807, 2.05) is 24.3 Å². The minimum absolute atomic E-state index is 0.103. The molecule has 0 saturated heterocycles. The number of carbonyl (C=O) groups is 1. The molecule has 3 aromatic rings. The van der Waals surface area contributed by atoms with Crippen molar-refractivity contribution in [3.63, 3.8) is 0 Å². The summed E-state index contributed by atoms with van der Waals surface area (Å²) in [4.78, 5) is 16.7. The number of nitrogens with zero attached hydrogens (tertiary/aromatic N) is 2. The minimum Gasteiger partial charge on any atom is -0.352 e. The van der Waals surface area contributed by atoms with E-state index in [1.165, 1.54) is 0 Å². The van der Waals surface area contributed by atoms with Gasteiger partial charge in [-0.2, -0.15) is 0 Å². The molecular weight excluding hydrogens is 334 g/mol. The molecule has 0 saturated carbocycles. The molecule has 0 unspecified atom stereocenters. The van der Waals surface area contributed by atoms with Gasteiger partial charge in [0.05, 0.1) is 17.6 Å². The Hall–Kier alpha value is -2.77. The number of terminal acetylenes is 1. The summed E-state index contributed by atoms with van der Waals surface area (Å²) < 4.78 is 2.05. The zero-order chi connectivity index (χ0) is 17.6. The Morgan fingerprint density at radius 3 is 2.72 bits per heavy atom. The molecule has 2 aromatic carbocycles. The molecular formula is C20H18ClN3O. The van der Waals surface area contributed by atoms with Gasteiger partial charge in [0, 0.05) is 23.6 Å². The lowest BCUT2D eigenvalue weighted by Gasteiger charge is -2.07. The first-order chi connectivity index (χ1) is 12.2. The third-order valence-corrected chi connectivity index (χ3v) is 4.20. The van der Waals surface area contributed by atoms with Crippen molar-refractivity contribution in [1.29, 1.82) is 0 Å². The topological polar surface area (TPSA) is 46.9 Å². The lowest BCUT2D eigenvalue weighted by atomic mass is 10.2. The zero-order valence-electron chi connectivity index (χ0n) is 13.7. The standard InChI is InChI=1S/C20H18ClN3O/c1-2-14-24-18-7-4-3-6-17(18)23-19(24)8-5-13-22-20(25)15-9-11-16(21)12-10-15/h1,3-4,6-7,9-12H,5,8,13-14H2,(H,22,25). The number of aromatic nitrogens is 2. The monoisotopic (exact) mass is 351 g/mol. The van der Waals surface area contributed by atoms with Crippen LogP contribution in [-0.2, 0) is 13.0 Å². The minimum atomic E-state index is -0.103. The van der Waals surface area contributed by atoms with Crippen molar-refractivity contribution in [1.82, 2.24) is 14.9 Å². The second kappa shape index (κ2) is 7.87. The molecule has 5 heteroatoms. The van der Waals surface area contributed by atoms with Gasteiger partial charge in [-0.05, 0) is 42.8 Å². The molecule has 0 aliphatic rings. The zero-order valence-corrected chi connectivity index (χ0v) is 14.5. The van der Waals surface area contributed by atoms with Crippen molar-refractivity contribution in [2.75, 3.05) is 6.54 Å². The molecule has 3 rings (SSSR count). The smallest absolute Gasteiger partial charge is 0.251 e. The van der Waals surface area contributed by atoms with Crippen LogP contribution in [0.15, 0.2) is 48.5 Å². The number of aryl methyl sites for hydroxylation is 1. The van der Waals surface area contributed by atoms with Gasteiger partial charge in [0.2, 0.25) is 0 Å². The van der Waals surface area contributed by atoms with E-state index in [0.29, 0.717) is 23.7 Å². The van der Waals surface area contributed by atoms with E-state index in [2.05, 4.69) is 20.8 Å². The van der Waals surface area contributed by atoms with Crippen molar-refractivity contribution in [2.24, 2.45) is 0 Å². The lowest BCUT2D eigenvalue weighted by Crippen LogP contribution is -2.24. The number of carbonyl (C=O) groups excluding carboxylic acids is 1. The maximum absolute atomic E-state index is 12.1. The molecule has 0 radical (unpaired) electrons. The van der Waals surface area contributed by atoms with Gasteiger partial charge in [0.1, 0.15) is 5.82 Å². The number of amides is 1. The van der Waals surface area contributed by atoms with Gasteiger partial charge in [-0.25, -0.2) is 4.98 Å². The fourth-order valence-electron chi connectivity index (χ4n) is 2.74. The summed E-state index contributed by atoms with van der Waals surface area (Å²) in [5.74, 6) is 3.52. The highest BCUT2D eigenvalue weighted by Gasteiger charge is 2.10. The van der Waals surface area contributed by atoms with E-state index in [9.17, 15) is 4.79 Å². The largest absolute Gasteiger partial charge is 0.352 e. The number of rotatable bonds is 6. The van der Waals surface area contributed by atoms with Crippen LogP contribution in [0.5, 0.6) is 0 Å². The number of imidazole rings is 1. The summed E-state index contributed by atoms with van der Waals surface area (Å²) in [5, 5.41) is 3.53. The van der Waals surface area contributed by atoms with Crippen LogP contribution in [0.4, 0.5) is 0 Å². The third kappa shape index (κ3) is 4.01. The molecule has 1 amide bonds. The number of halogens is 1. The van der Waals surface area contributed by atoms with Crippen LogP contribution in [0, 0.1) is 12.3 Å². The predicted molar refractivity (Wildman–Crippen MR) is 101 cm³/mol. The Kier molecular flexibility index (Phi) is 5.37. The maximum Gasteiger partial charge on any atom is 0.251 e. The summed E-state index contributed by atoms with van der Waals surface area (Å²) in [7, 11) is 0. The molecule has 25 heavy (non-hydrogen) atoms. The average Bonchev–Trinajstić information content (AvgIpc) is 2.97. The molecule has 1 aromatic heterocycles. The first-order valence-electron chi connectivity index (χ1n) is 8.10. The normalized spacial score (nSPS) is 10.6. The summed E-state index contributed by atoms with van der Waals surface area (Å²) in [6.45, 7) is 1.06. The number of benzene rings is 2. The first kappa shape index (κ1) is 17.1. The average molecular weight is 352 g/mol. The number of para-hydroxylation sites is 2. The summed E-state index contributed by atoms with van der Waals surface area (Å²) >= 11 is 5.83. The molecule has 0 atom stereocenters. The lowest BCUT2D eigenvalue weighted by molar-refractivity contribution is 0.0953. The Morgan fingerprint density at radius 1 is 1.20 bits per heavy atom. The molecule has 4 nitrogen and oxygen atoms in total. The fourth-order valence-corrected chi connectivity index (χ4v) is 2.86. The molecule has 1 heterocycles. The van der Waals surface area contributed by atoms with E-state index >= 15 is 0 Å². The van der Waals surface area contributed by atoms with Crippen LogP contribution in [0.1, 0.15) is 22.6 Å². The Balaban J connectivity index is 1.59. The van der Waals surface area contributed by atoms with Gasteiger partial charge in [0.15, 0.2) is 0 Å². The van der Waals surface area contributed by atoms with Crippen LogP contribution in [0.2, 0.25) is 5.02 Å². The second-order valence-electron chi connectivity index (χ2n) is 5.67. The van der Waals surface area contributed by atoms with E-state index < -0.39 is 0 Å². The first-order valence-corrected chi connectivity index (χ1v) is 8.48. The highest BCUT2D eigenvalue weighted by atomic mass is 35.5. The molecule has 126 valence electrons. The SMILES string of the molecule is C#CCn1c(CCCNC(=O)c2ccc(Cl)cc2)nc2ccccc21. The van der Waals surface area contributed by atoms with Crippen molar-refractivity contribution < 1.29 is 4.79 Å². The third-order valence-electron chi connectivity index (χ3n) is 3.95. The van der Waals surface area contributed by atoms with Crippen molar-refractivity contribution >= 4 is 28.5 Å². The molecule has 0 spiro atoms. The Morgan fingerprint density at radius 2 is 1.96 bits per heavy atom. The Bertz CT molecular complexity index is 922.